The van der Waals surface area contributed by atoms with Gasteiger partial charge in [0.25, 0.3) is 0 Å². The fourth-order valence-electron chi connectivity index (χ4n) is 2.94. The van der Waals surface area contributed by atoms with Gasteiger partial charge in [-0.1, -0.05) is 26.3 Å². The van der Waals surface area contributed by atoms with Crippen molar-refractivity contribution in [1.82, 2.24) is 4.90 Å². The molecule has 0 fully saturated rings. The third-order valence-corrected chi connectivity index (χ3v) is 4.99. The van der Waals surface area contributed by atoms with Gasteiger partial charge < -0.3 is 29.6 Å². The predicted molar refractivity (Wildman–Crippen MR) is 103 cm³/mol. The van der Waals surface area contributed by atoms with Crippen molar-refractivity contribution in [2.75, 3.05) is 20.1 Å². The van der Waals surface area contributed by atoms with Gasteiger partial charge in [-0.05, 0) is 43.9 Å². The van der Waals surface area contributed by atoms with Crippen LogP contribution in [0.1, 0.15) is 39.7 Å². The Morgan fingerprint density at radius 2 is 1.89 bits per heavy atom. The molecule has 3 atom stereocenters. The van der Waals surface area contributed by atoms with E-state index in [1.54, 1.807) is 4.90 Å². The molecule has 1 aromatic carbocycles. The lowest BCUT2D eigenvalue weighted by Gasteiger charge is -2.27. The fraction of sp³-hybridized carbons (Fsp3) is 0.600. The molecular weight excluding hydrogens is 364 g/mol. The summed E-state index contributed by atoms with van der Waals surface area (Å²) in [6, 6.07) is 4.88. The van der Waals surface area contributed by atoms with Gasteiger partial charge >= 0.3 is 12.1 Å². The number of benzene rings is 1. The summed E-state index contributed by atoms with van der Waals surface area (Å²) in [4.78, 5) is 25.8. The zero-order valence-electron chi connectivity index (χ0n) is 17.0. The zero-order valence-corrected chi connectivity index (χ0v) is 17.0. The minimum atomic E-state index is -0.726. The van der Waals surface area contributed by atoms with E-state index >= 15 is 0 Å². The summed E-state index contributed by atoms with van der Waals surface area (Å²) in [5.74, 6) is 0.858. The molecule has 2 N–H and O–H groups in total. The number of nitrogens with two attached hydrogens (primary N) is 1. The summed E-state index contributed by atoms with van der Waals surface area (Å²) < 4.78 is 20.8. The van der Waals surface area contributed by atoms with Crippen molar-refractivity contribution < 1.29 is 28.5 Å². The van der Waals surface area contributed by atoms with Crippen LogP contribution in [0.25, 0.3) is 0 Å². The summed E-state index contributed by atoms with van der Waals surface area (Å²) in [5, 5.41) is 0. The van der Waals surface area contributed by atoms with Crippen LogP contribution >= 0.6 is 0 Å². The van der Waals surface area contributed by atoms with Gasteiger partial charge in [-0.2, -0.15) is 0 Å². The van der Waals surface area contributed by atoms with E-state index in [1.165, 1.54) is 0 Å². The van der Waals surface area contributed by atoms with E-state index in [4.69, 9.17) is 24.7 Å². The lowest BCUT2D eigenvalue weighted by Crippen LogP contribution is -2.41. The molecule has 0 aliphatic carbocycles. The Bertz CT molecular complexity index is 681. The molecule has 0 saturated carbocycles. The molecule has 3 unspecified atom stereocenters. The lowest BCUT2D eigenvalue weighted by molar-refractivity contribution is -0.155. The average Bonchev–Trinajstić information content (AvgIpc) is 3.14. The van der Waals surface area contributed by atoms with Crippen LogP contribution in [0.5, 0.6) is 11.5 Å². The summed E-state index contributed by atoms with van der Waals surface area (Å²) in [5.41, 5.74) is 6.82. The number of hydrogen-bond acceptors (Lipinski definition) is 7. The van der Waals surface area contributed by atoms with E-state index in [0.29, 0.717) is 18.7 Å². The van der Waals surface area contributed by atoms with E-state index in [0.717, 1.165) is 17.7 Å². The first-order valence-electron chi connectivity index (χ1n) is 9.61. The van der Waals surface area contributed by atoms with Crippen molar-refractivity contribution in [1.29, 1.82) is 0 Å². The first-order valence-corrected chi connectivity index (χ1v) is 9.61. The van der Waals surface area contributed by atoms with Gasteiger partial charge in [0.2, 0.25) is 13.6 Å². The van der Waals surface area contributed by atoms with Crippen LogP contribution in [0.15, 0.2) is 18.2 Å². The number of amides is 1. The van der Waals surface area contributed by atoms with Crippen molar-refractivity contribution in [3.63, 3.8) is 0 Å². The quantitative estimate of drug-likeness (QED) is 0.508. The van der Waals surface area contributed by atoms with Crippen molar-refractivity contribution >= 4 is 12.1 Å². The van der Waals surface area contributed by atoms with E-state index in [9.17, 15) is 9.59 Å². The number of carbonyl (C=O) groups excluding carboxylic acids is 2. The van der Waals surface area contributed by atoms with Gasteiger partial charge in [0.15, 0.2) is 11.5 Å². The second-order valence-corrected chi connectivity index (χ2v) is 6.93. The van der Waals surface area contributed by atoms with Gasteiger partial charge in [0.05, 0.1) is 0 Å². The van der Waals surface area contributed by atoms with Crippen LogP contribution < -0.4 is 15.2 Å². The van der Waals surface area contributed by atoms with Crippen LogP contribution in [-0.4, -0.2) is 49.2 Å². The monoisotopic (exact) mass is 394 g/mol. The number of carbonyl (C=O) groups is 2. The first-order chi connectivity index (χ1) is 13.4. The minimum Gasteiger partial charge on any atom is -0.454 e. The Labute approximate surface area is 165 Å². The second kappa shape index (κ2) is 10.2. The molecule has 0 saturated heterocycles. The Morgan fingerprint density at radius 1 is 1.18 bits per heavy atom. The summed E-state index contributed by atoms with van der Waals surface area (Å²) in [6.07, 6.45) is 0.843. The molecule has 1 aliphatic rings. The third kappa shape index (κ3) is 5.51. The maximum absolute atomic E-state index is 12.4. The molecule has 8 nitrogen and oxygen atoms in total. The molecule has 1 heterocycles. The molecule has 8 heteroatoms. The van der Waals surface area contributed by atoms with Crippen molar-refractivity contribution in [3.05, 3.63) is 23.8 Å². The third-order valence-electron chi connectivity index (χ3n) is 4.99. The number of hydrogen-bond donors (Lipinski definition) is 1. The maximum atomic E-state index is 12.4. The van der Waals surface area contributed by atoms with Crippen LogP contribution in [0, 0.1) is 5.92 Å². The Morgan fingerprint density at radius 3 is 2.57 bits per heavy atom. The Balaban J connectivity index is 1.84. The van der Waals surface area contributed by atoms with E-state index in [1.807, 2.05) is 45.9 Å². The molecule has 1 amide bonds. The highest BCUT2D eigenvalue weighted by molar-refractivity contribution is 5.76. The number of rotatable bonds is 9. The maximum Gasteiger partial charge on any atom is 0.412 e. The largest absolute Gasteiger partial charge is 0.454 e. The van der Waals surface area contributed by atoms with E-state index in [-0.39, 0.29) is 18.8 Å². The Kier molecular flexibility index (Phi) is 7.92. The Hall–Kier alpha value is -2.48. The van der Waals surface area contributed by atoms with Crippen molar-refractivity contribution in [3.8, 4) is 11.5 Å². The van der Waals surface area contributed by atoms with Gasteiger partial charge in [0, 0.05) is 12.6 Å². The number of ether oxygens (including phenoxy) is 4. The van der Waals surface area contributed by atoms with Crippen LogP contribution in [0.4, 0.5) is 4.79 Å². The molecule has 0 aromatic heterocycles. The standard InChI is InChI=1S/C20H30N2O6/c1-5-13(3)18(21)19(23)27-12-28-20(24)22(6-2)14(4)9-15-7-8-16-17(10-15)26-11-25-16/h7-8,10,13-14,18H,5-6,9,11-12,21H2,1-4H3. The minimum absolute atomic E-state index is 0.00272. The van der Waals surface area contributed by atoms with Gasteiger partial charge in [-0.15, -0.1) is 0 Å². The summed E-state index contributed by atoms with van der Waals surface area (Å²) in [6.45, 7) is 7.84. The molecule has 2 rings (SSSR count). The molecule has 0 bridgehead atoms. The van der Waals surface area contributed by atoms with Gasteiger partial charge in [0.1, 0.15) is 6.04 Å². The van der Waals surface area contributed by atoms with E-state index in [2.05, 4.69) is 0 Å². The molecule has 0 radical (unpaired) electrons. The molecule has 28 heavy (non-hydrogen) atoms. The highest BCUT2D eigenvalue weighted by atomic mass is 16.7. The number of esters is 1. The molecule has 156 valence electrons. The topological polar surface area (TPSA) is 100 Å². The highest BCUT2D eigenvalue weighted by Gasteiger charge is 2.24. The second-order valence-electron chi connectivity index (χ2n) is 6.93. The fourth-order valence-corrected chi connectivity index (χ4v) is 2.94. The normalized spacial score (nSPS) is 15.5. The van der Waals surface area contributed by atoms with Crippen molar-refractivity contribution in [2.24, 2.45) is 11.7 Å². The van der Waals surface area contributed by atoms with Crippen LogP contribution in [-0.2, 0) is 20.7 Å². The summed E-state index contributed by atoms with van der Waals surface area (Å²) in [7, 11) is 0. The number of nitrogens with zero attached hydrogens (tertiary/aromatic N) is 1. The molecule has 1 aromatic rings. The van der Waals surface area contributed by atoms with Gasteiger partial charge in [-0.3, -0.25) is 4.79 Å². The van der Waals surface area contributed by atoms with Crippen molar-refractivity contribution in [2.45, 2.75) is 52.6 Å². The number of likely N-dealkylation sites (N-methyl/N-ethyl adjacent to an activating group) is 1. The van der Waals surface area contributed by atoms with Crippen LogP contribution in [0.2, 0.25) is 0 Å². The zero-order chi connectivity index (χ0) is 20.7. The highest BCUT2D eigenvalue weighted by Crippen LogP contribution is 2.33. The molecule has 1 aliphatic heterocycles. The van der Waals surface area contributed by atoms with Gasteiger partial charge in [-0.25, -0.2) is 4.79 Å². The molecule has 0 spiro atoms. The summed E-state index contributed by atoms with van der Waals surface area (Å²) >= 11 is 0. The smallest absolute Gasteiger partial charge is 0.412 e. The SMILES string of the molecule is CCC(C)C(N)C(=O)OCOC(=O)N(CC)C(C)Cc1ccc2c(c1)OCO2. The lowest BCUT2D eigenvalue weighted by atomic mass is 10.0. The van der Waals surface area contributed by atoms with Crippen LogP contribution in [0.3, 0.4) is 0 Å². The predicted octanol–water partition coefficient (Wildman–Crippen LogP) is 2.68. The average molecular weight is 394 g/mol. The first kappa shape index (κ1) is 21.8. The molecular formula is C20H30N2O6. The number of fused-ring (bicyclic) bond motifs is 1. The van der Waals surface area contributed by atoms with E-state index < -0.39 is 24.9 Å².